The summed E-state index contributed by atoms with van der Waals surface area (Å²) in [5, 5.41) is 0. The molecule has 0 aliphatic rings. The van der Waals surface area contributed by atoms with Crippen LogP contribution in [0.1, 0.15) is 28.4 Å². The van der Waals surface area contributed by atoms with Crippen molar-refractivity contribution < 1.29 is 9.18 Å². The smallest absolute Gasteiger partial charge is 0.254 e. The number of nitrogen functional groups attached to an aromatic ring is 1. The maximum atomic E-state index is 13.3. The maximum absolute atomic E-state index is 13.3. The quantitative estimate of drug-likeness (QED) is 0.876. The number of carbonyl (C=O) groups excluding carboxylic acids is 1. The van der Waals surface area contributed by atoms with Crippen LogP contribution in [0.3, 0.4) is 0 Å². The minimum atomic E-state index is -0.298. The van der Waals surface area contributed by atoms with Gasteiger partial charge in [0.25, 0.3) is 5.91 Å². The van der Waals surface area contributed by atoms with Crippen molar-refractivity contribution in [1.82, 2.24) is 4.90 Å². The van der Waals surface area contributed by atoms with Crippen molar-refractivity contribution in [3.8, 4) is 0 Å². The number of halogens is 1. The Morgan fingerprint density at radius 1 is 1.19 bits per heavy atom. The van der Waals surface area contributed by atoms with Crippen LogP contribution in [0.2, 0.25) is 0 Å². The van der Waals surface area contributed by atoms with Crippen molar-refractivity contribution >= 4 is 11.6 Å². The minimum absolute atomic E-state index is 0.0996. The molecule has 0 atom stereocenters. The molecule has 2 aromatic carbocycles. The van der Waals surface area contributed by atoms with E-state index >= 15 is 0 Å². The average molecular weight is 286 g/mol. The molecule has 2 N–H and O–H groups in total. The summed E-state index contributed by atoms with van der Waals surface area (Å²) in [6, 6.07) is 11.9. The van der Waals surface area contributed by atoms with Gasteiger partial charge in [0, 0.05) is 24.3 Å². The van der Waals surface area contributed by atoms with Gasteiger partial charge in [-0.2, -0.15) is 0 Å². The summed E-state index contributed by atoms with van der Waals surface area (Å²) in [4.78, 5) is 14.2. The predicted molar refractivity (Wildman–Crippen MR) is 82.4 cm³/mol. The SMILES string of the molecule is CCN(Cc1ccc(N)cc1)C(=O)c1ccc(F)c(C)c1. The van der Waals surface area contributed by atoms with E-state index in [2.05, 4.69) is 0 Å². The van der Waals surface area contributed by atoms with Crippen LogP contribution in [0, 0.1) is 12.7 Å². The molecule has 0 bridgehead atoms. The molecule has 2 aromatic rings. The second kappa shape index (κ2) is 6.39. The molecule has 1 amide bonds. The largest absolute Gasteiger partial charge is 0.399 e. The van der Waals surface area contributed by atoms with Crippen LogP contribution in [0.25, 0.3) is 0 Å². The van der Waals surface area contributed by atoms with E-state index in [-0.39, 0.29) is 11.7 Å². The number of rotatable bonds is 4. The molecule has 2 rings (SSSR count). The molecule has 110 valence electrons. The van der Waals surface area contributed by atoms with Crippen LogP contribution >= 0.6 is 0 Å². The molecule has 0 heterocycles. The topological polar surface area (TPSA) is 46.3 Å². The molecule has 0 saturated heterocycles. The number of nitrogens with two attached hydrogens (primary N) is 1. The molecular weight excluding hydrogens is 267 g/mol. The number of amides is 1. The van der Waals surface area contributed by atoms with Gasteiger partial charge in [-0.15, -0.1) is 0 Å². The Morgan fingerprint density at radius 2 is 1.86 bits per heavy atom. The number of nitrogens with zero attached hydrogens (tertiary/aromatic N) is 1. The molecule has 4 heteroatoms. The normalized spacial score (nSPS) is 10.4. The first-order chi connectivity index (χ1) is 10.0. The molecule has 0 aliphatic heterocycles. The van der Waals surface area contributed by atoms with Gasteiger partial charge >= 0.3 is 0 Å². The Bertz CT molecular complexity index is 638. The van der Waals surface area contributed by atoms with Gasteiger partial charge < -0.3 is 10.6 Å². The Balaban J connectivity index is 2.18. The first-order valence-corrected chi connectivity index (χ1v) is 6.91. The number of aryl methyl sites for hydroxylation is 1. The molecule has 21 heavy (non-hydrogen) atoms. The van der Waals surface area contributed by atoms with Crippen molar-refractivity contribution in [3.05, 3.63) is 65.0 Å². The van der Waals surface area contributed by atoms with Gasteiger partial charge in [0.15, 0.2) is 0 Å². The first kappa shape index (κ1) is 15.0. The molecule has 0 spiro atoms. The van der Waals surface area contributed by atoms with Crippen LogP contribution in [-0.2, 0) is 6.54 Å². The van der Waals surface area contributed by atoms with Gasteiger partial charge in [0.2, 0.25) is 0 Å². The number of carbonyl (C=O) groups is 1. The highest BCUT2D eigenvalue weighted by Crippen LogP contribution is 2.14. The lowest BCUT2D eigenvalue weighted by molar-refractivity contribution is 0.0752. The first-order valence-electron chi connectivity index (χ1n) is 6.91. The van der Waals surface area contributed by atoms with Gasteiger partial charge in [0.1, 0.15) is 5.82 Å². The fourth-order valence-electron chi connectivity index (χ4n) is 2.13. The number of hydrogen-bond acceptors (Lipinski definition) is 2. The summed E-state index contributed by atoms with van der Waals surface area (Å²) in [7, 11) is 0. The minimum Gasteiger partial charge on any atom is -0.399 e. The summed E-state index contributed by atoms with van der Waals surface area (Å²) in [6.45, 7) is 4.67. The monoisotopic (exact) mass is 286 g/mol. The van der Waals surface area contributed by atoms with Crippen LogP contribution in [0.15, 0.2) is 42.5 Å². The van der Waals surface area contributed by atoms with E-state index in [1.54, 1.807) is 17.9 Å². The van der Waals surface area contributed by atoms with E-state index < -0.39 is 0 Å². The molecule has 0 unspecified atom stereocenters. The van der Waals surface area contributed by atoms with Crippen LogP contribution in [-0.4, -0.2) is 17.4 Å². The van der Waals surface area contributed by atoms with Gasteiger partial charge in [0.05, 0.1) is 0 Å². The van der Waals surface area contributed by atoms with Gasteiger partial charge in [-0.25, -0.2) is 4.39 Å². The van der Waals surface area contributed by atoms with Crippen LogP contribution < -0.4 is 5.73 Å². The van der Waals surface area contributed by atoms with Crippen molar-refractivity contribution in [3.63, 3.8) is 0 Å². The lowest BCUT2D eigenvalue weighted by Crippen LogP contribution is -2.30. The van der Waals surface area contributed by atoms with Gasteiger partial charge in [-0.3, -0.25) is 4.79 Å². The van der Waals surface area contributed by atoms with E-state index in [9.17, 15) is 9.18 Å². The standard InChI is InChI=1S/C17H19FN2O/c1-3-20(11-13-4-7-15(19)8-5-13)17(21)14-6-9-16(18)12(2)10-14/h4-10H,3,11,19H2,1-2H3. The Labute approximate surface area is 124 Å². The van der Waals surface area contributed by atoms with E-state index in [0.29, 0.717) is 29.9 Å². The Kier molecular flexibility index (Phi) is 4.58. The highest BCUT2D eigenvalue weighted by atomic mass is 19.1. The lowest BCUT2D eigenvalue weighted by atomic mass is 10.1. The van der Waals surface area contributed by atoms with E-state index in [0.717, 1.165) is 5.56 Å². The fraction of sp³-hybridized carbons (Fsp3) is 0.235. The number of benzene rings is 2. The lowest BCUT2D eigenvalue weighted by Gasteiger charge is -2.21. The third-order valence-corrected chi connectivity index (χ3v) is 3.43. The summed E-state index contributed by atoms with van der Waals surface area (Å²) < 4.78 is 13.3. The molecule has 0 radical (unpaired) electrons. The molecular formula is C17H19FN2O. The summed E-state index contributed by atoms with van der Waals surface area (Å²) in [6.07, 6.45) is 0. The van der Waals surface area contributed by atoms with E-state index in [4.69, 9.17) is 5.73 Å². The zero-order chi connectivity index (χ0) is 15.4. The van der Waals surface area contributed by atoms with E-state index in [1.807, 2.05) is 31.2 Å². The van der Waals surface area contributed by atoms with Crippen LogP contribution in [0.5, 0.6) is 0 Å². The van der Waals surface area contributed by atoms with Gasteiger partial charge in [-0.1, -0.05) is 12.1 Å². The third-order valence-electron chi connectivity index (χ3n) is 3.43. The maximum Gasteiger partial charge on any atom is 0.254 e. The molecule has 0 saturated carbocycles. The fourth-order valence-corrected chi connectivity index (χ4v) is 2.13. The van der Waals surface area contributed by atoms with Crippen molar-refractivity contribution in [2.45, 2.75) is 20.4 Å². The molecule has 0 fully saturated rings. The van der Waals surface area contributed by atoms with Gasteiger partial charge in [-0.05, 0) is 55.3 Å². The zero-order valence-corrected chi connectivity index (χ0v) is 12.3. The predicted octanol–water partition coefficient (Wildman–Crippen LogP) is 3.38. The summed E-state index contributed by atoms with van der Waals surface area (Å²) in [5.74, 6) is -0.398. The van der Waals surface area contributed by atoms with Crippen LogP contribution in [0.4, 0.5) is 10.1 Å². The second-order valence-corrected chi connectivity index (χ2v) is 5.02. The highest BCUT2D eigenvalue weighted by Gasteiger charge is 2.15. The Hall–Kier alpha value is -2.36. The number of hydrogen-bond donors (Lipinski definition) is 1. The van der Waals surface area contributed by atoms with E-state index in [1.165, 1.54) is 12.1 Å². The summed E-state index contributed by atoms with van der Waals surface area (Å²) in [5.41, 5.74) is 8.35. The average Bonchev–Trinajstić information content (AvgIpc) is 2.49. The summed E-state index contributed by atoms with van der Waals surface area (Å²) >= 11 is 0. The zero-order valence-electron chi connectivity index (χ0n) is 12.3. The third kappa shape index (κ3) is 3.60. The molecule has 3 nitrogen and oxygen atoms in total. The van der Waals surface area contributed by atoms with Crippen molar-refractivity contribution in [1.29, 1.82) is 0 Å². The van der Waals surface area contributed by atoms with Crippen molar-refractivity contribution in [2.75, 3.05) is 12.3 Å². The molecule has 0 aromatic heterocycles. The number of anilines is 1. The van der Waals surface area contributed by atoms with Crippen molar-refractivity contribution in [2.24, 2.45) is 0 Å². The molecule has 0 aliphatic carbocycles. The Morgan fingerprint density at radius 3 is 2.43 bits per heavy atom. The second-order valence-electron chi connectivity index (χ2n) is 5.02. The highest BCUT2D eigenvalue weighted by molar-refractivity contribution is 5.94.